The minimum absolute atomic E-state index is 0.311. The van der Waals surface area contributed by atoms with Crippen molar-refractivity contribution in [3.8, 4) is 27.9 Å². The first-order valence-corrected chi connectivity index (χ1v) is 13.8. The second-order valence-electron chi connectivity index (χ2n) is 9.76. The molecule has 0 fully saturated rings. The summed E-state index contributed by atoms with van der Waals surface area (Å²) in [4.78, 5) is 0.311. The first-order valence-electron chi connectivity index (χ1n) is 29.8. The second kappa shape index (κ2) is 11.8. The number of fused-ring (bicyclic) bond motifs is 4. The SMILES string of the molecule is [2H]c1c([2H])c([2H])c(-c2c([2H])c([2H])c([2H])c([2H])c2N(c2c([2H])c([2H])c([2H])c([2H])c2[2H])c2c([2H])c([2H])c(-c3c([2H])c([2H])c4c(c3[2H])c3c([2H])c([2H])c([2H])c([2H])c3n4-c3c([2H])c([2H])c([2H])c4c([2H])c([2H])c([2H])c([2H])c34)c([2H])c2[2H])c([2H])c1[2H]. The Labute approximate surface area is 325 Å². The summed E-state index contributed by atoms with van der Waals surface area (Å²) in [7, 11) is 0. The molecule has 48 heavy (non-hydrogen) atoms. The van der Waals surface area contributed by atoms with Crippen molar-refractivity contribution in [3.05, 3.63) is 193 Å². The molecule has 0 atom stereocenters. The lowest BCUT2D eigenvalue weighted by Crippen LogP contribution is -2.11. The molecule has 0 N–H and O–H groups in total. The van der Waals surface area contributed by atoms with Gasteiger partial charge < -0.3 is 9.47 Å². The summed E-state index contributed by atoms with van der Waals surface area (Å²) in [6.45, 7) is 0. The van der Waals surface area contributed by atoms with Gasteiger partial charge in [-0.25, -0.2) is 0 Å². The van der Waals surface area contributed by atoms with Crippen LogP contribution in [0.1, 0.15) is 43.9 Å². The topological polar surface area (TPSA) is 8.17 Å². The van der Waals surface area contributed by atoms with E-state index >= 15 is 0 Å². The van der Waals surface area contributed by atoms with Crippen molar-refractivity contribution in [2.75, 3.05) is 4.90 Å². The molecule has 0 bridgehead atoms. The summed E-state index contributed by atoms with van der Waals surface area (Å²) < 4.78 is 287. The summed E-state index contributed by atoms with van der Waals surface area (Å²) in [6.07, 6.45) is 0. The molecule has 0 saturated heterocycles. The van der Waals surface area contributed by atoms with Crippen molar-refractivity contribution in [1.29, 1.82) is 0 Å². The molecule has 0 saturated carbocycles. The monoisotopic (exact) mass is 644 g/mol. The number of nitrogens with zero attached hydrogens (tertiary/aromatic N) is 2. The van der Waals surface area contributed by atoms with Gasteiger partial charge in [0.05, 0.1) is 66.3 Å². The lowest BCUT2D eigenvalue weighted by atomic mass is 10.0. The first-order chi connectivity index (χ1) is 37.1. The van der Waals surface area contributed by atoms with Gasteiger partial charge >= 0.3 is 0 Å². The third-order valence-electron chi connectivity index (χ3n) is 7.11. The van der Waals surface area contributed by atoms with Gasteiger partial charge in [-0.05, 0) is 76.5 Å². The van der Waals surface area contributed by atoms with E-state index in [-0.39, 0.29) is 0 Å². The molecule has 9 aromatic rings. The van der Waals surface area contributed by atoms with Gasteiger partial charge in [-0.1, -0.05) is 139 Å². The van der Waals surface area contributed by atoms with Crippen LogP contribution in [0.3, 0.4) is 0 Å². The van der Waals surface area contributed by atoms with Crippen molar-refractivity contribution in [2.24, 2.45) is 0 Å². The van der Waals surface area contributed by atoms with Gasteiger partial charge in [0.1, 0.15) is 0 Å². The van der Waals surface area contributed by atoms with E-state index in [1.54, 1.807) is 0 Å². The van der Waals surface area contributed by atoms with Crippen LogP contribution in [0.15, 0.2) is 193 Å². The molecule has 0 spiro atoms. The number of rotatable bonds is 6. The Bertz CT molecular complexity index is 4300. The fourth-order valence-corrected chi connectivity index (χ4v) is 5.09. The molecule has 1 heterocycles. The zero-order valence-electron chi connectivity index (χ0n) is 55.9. The maximum absolute atomic E-state index is 9.79. The van der Waals surface area contributed by atoms with Crippen LogP contribution < -0.4 is 4.90 Å². The molecule has 0 aliphatic heterocycles. The number of hydrogen-bond donors (Lipinski definition) is 0. The van der Waals surface area contributed by atoms with Gasteiger partial charge in [0.25, 0.3) is 0 Å². The van der Waals surface area contributed by atoms with Gasteiger partial charge in [0.15, 0.2) is 0 Å². The van der Waals surface area contributed by atoms with Crippen LogP contribution in [0.4, 0.5) is 17.1 Å². The van der Waals surface area contributed by atoms with Gasteiger partial charge in [0, 0.05) is 33.1 Å². The highest BCUT2D eigenvalue weighted by Gasteiger charge is 2.18. The van der Waals surface area contributed by atoms with Crippen molar-refractivity contribution in [1.82, 2.24) is 4.57 Å². The number of para-hydroxylation sites is 3. The smallest absolute Gasteiger partial charge is 0.0645 e. The highest BCUT2D eigenvalue weighted by Crippen LogP contribution is 2.42. The van der Waals surface area contributed by atoms with Crippen molar-refractivity contribution < 1.29 is 43.9 Å². The lowest BCUT2D eigenvalue weighted by molar-refractivity contribution is 1.20. The van der Waals surface area contributed by atoms with Gasteiger partial charge in [0.2, 0.25) is 0 Å². The minimum atomic E-state index is -1.33. The summed E-state index contributed by atoms with van der Waals surface area (Å²) in [6, 6.07) is -34.1. The van der Waals surface area contributed by atoms with Gasteiger partial charge in [-0.3, -0.25) is 0 Å². The Morgan fingerprint density at radius 3 is 1.83 bits per heavy atom. The van der Waals surface area contributed by atoms with Crippen molar-refractivity contribution >= 4 is 49.6 Å². The molecule has 2 heteroatoms. The maximum atomic E-state index is 9.79. The predicted molar refractivity (Wildman–Crippen MR) is 204 cm³/mol. The quantitative estimate of drug-likeness (QED) is 0.175. The van der Waals surface area contributed by atoms with Crippen LogP contribution in [0.2, 0.25) is 0 Å². The molecule has 0 aliphatic carbocycles. The largest absolute Gasteiger partial charge is 0.310 e. The Morgan fingerprint density at radius 1 is 0.396 bits per heavy atom. The summed E-state index contributed by atoms with van der Waals surface area (Å²) in [5, 5.41) is -2.64. The van der Waals surface area contributed by atoms with Crippen LogP contribution in [-0.2, 0) is 0 Å². The number of aromatic nitrogens is 1. The Morgan fingerprint density at radius 2 is 1.00 bits per heavy atom. The van der Waals surface area contributed by atoms with Crippen LogP contribution in [0.25, 0.3) is 60.5 Å². The number of anilines is 3. The van der Waals surface area contributed by atoms with E-state index in [0.29, 0.717) is 4.90 Å². The molecular formula is C46H32N2. The standard InChI is InChI=1S/C46H32N2/c1-3-14-34(15-4-1)39-21-9-11-23-43(39)47(37-18-5-2-6-19-37)38-29-26-33(27-30-38)36-28-31-46-42(32-36)41-22-10-12-24-45(41)48(46)44-25-13-17-35-16-7-8-20-40(35)44/h1-32H/i1D,2D,3D,4D,5D,6D,7D,8D,9D,10D,11D,12D,13D,14D,15D,16D,17D,18D,19D,20D,21D,22D,23D,24D,25D,26D,27D,28D,29D,30D,31D,32D. The summed E-state index contributed by atoms with van der Waals surface area (Å²) >= 11 is 0. The highest BCUT2D eigenvalue weighted by atomic mass is 15.1. The van der Waals surface area contributed by atoms with Crippen LogP contribution in [0, 0.1) is 0 Å². The molecular weight excluding hydrogens is 581 g/mol. The van der Waals surface area contributed by atoms with E-state index in [9.17, 15) is 11.0 Å². The average molecular weight is 645 g/mol. The van der Waals surface area contributed by atoms with Crippen LogP contribution in [0.5, 0.6) is 0 Å². The fraction of sp³-hybridized carbons (Fsp3) is 0. The van der Waals surface area contributed by atoms with E-state index < -0.39 is 271 Å². The Hall–Kier alpha value is -6.38. The molecule has 0 radical (unpaired) electrons. The molecule has 0 aliphatic rings. The van der Waals surface area contributed by atoms with E-state index in [4.69, 9.17) is 32.9 Å². The molecule has 8 aromatic carbocycles. The zero-order chi connectivity index (χ0) is 59.7. The second-order valence-corrected chi connectivity index (χ2v) is 9.76. The highest BCUT2D eigenvalue weighted by molar-refractivity contribution is 6.11. The molecule has 9 rings (SSSR count). The Balaban J connectivity index is 1.49. The van der Waals surface area contributed by atoms with E-state index in [1.165, 1.54) is 0 Å². The third kappa shape index (κ3) is 4.74. The van der Waals surface area contributed by atoms with E-state index in [2.05, 4.69) is 0 Å². The zero-order valence-corrected chi connectivity index (χ0v) is 23.9. The fourth-order valence-electron chi connectivity index (χ4n) is 5.09. The molecule has 1 aromatic heterocycles. The van der Waals surface area contributed by atoms with Crippen LogP contribution in [-0.4, -0.2) is 4.57 Å². The molecule has 2 nitrogen and oxygen atoms in total. The van der Waals surface area contributed by atoms with E-state index in [1.807, 2.05) is 0 Å². The number of benzene rings is 8. The Kier molecular flexibility index (Phi) is 2.53. The van der Waals surface area contributed by atoms with Crippen molar-refractivity contribution in [2.45, 2.75) is 0 Å². The van der Waals surface area contributed by atoms with Crippen molar-refractivity contribution in [3.63, 3.8) is 0 Å². The lowest BCUT2D eigenvalue weighted by Gasteiger charge is -2.28. The maximum Gasteiger partial charge on any atom is 0.0645 e. The van der Waals surface area contributed by atoms with Gasteiger partial charge in [-0.15, -0.1) is 0 Å². The first kappa shape index (κ1) is 10.3. The minimum Gasteiger partial charge on any atom is -0.310 e. The number of hydrogen-bond acceptors (Lipinski definition) is 1. The van der Waals surface area contributed by atoms with E-state index in [0.717, 1.165) is 4.57 Å². The van der Waals surface area contributed by atoms with Gasteiger partial charge in [-0.2, -0.15) is 0 Å². The average Bonchev–Trinajstić information content (AvgIpc) is 3.98. The van der Waals surface area contributed by atoms with Crippen LogP contribution >= 0.6 is 0 Å². The molecule has 0 amide bonds. The summed E-state index contributed by atoms with van der Waals surface area (Å²) in [5.41, 5.74) is -9.56. The predicted octanol–water partition coefficient (Wildman–Crippen LogP) is 12.7. The third-order valence-corrected chi connectivity index (χ3v) is 7.11. The molecule has 226 valence electrons. The molecule has 0 unspecified atom stereocenters. The summed E-state index contributed by atoms with van der Waals surface area (Å²) in [5.74, 6) is 0. The normalized spacial score (nSPS) is 20.7.